The van der Waals surface area contributed by atoms with Gasteiger partial charge in [0.05, 0.1) is 6.04 Å². The lowest BCUT2D eigenvalue weighted by Crippen LogP contribution is -2.48. The van der Waals surface area contributed by atoms with Crippen molar-refractivity contribution in [3.8, 4) is 5.75 Å². The maximum absolute atomic E-state index is 14.1. The fraction of sp³-hybridized carbons (Fsp3) is 0.261. The quantitative estimate of drug-likeness (QED) is 0.529. The van der Waals surface area contributed by atoms with Crippen molar-refractivity contribution in [2.75, 3.05) is 31.1 Å². The summed E-state index contributed by atoms with van der Waals surface area (Å²) in [5.41, 5.74) is 2.11. The summed E-state index contributed by atoms with van der Waals surface area (Å²) >= 11 is 0. The van der Waals surface area contributed by atoms with E-state index in [4.69, 9.17) is 0 Å². The van der Waals surface area contributed by atoms with Crippen LogP contribution in [0.1, 0.15) is 22.9 Å². The molecule has 1 N–H and O–H groups in total. The molecule has 0 saturated carbocycles. The molecule has 7 nitrogen and oxygen atoms in total. The average molecular weight is 436 g/mol. The van der Waals surface area contributed by atoms with Crippen molar-refractivity contribution in [3.63, 3.8) is 0 Å². The first-order valence-electron chi connectivity index (χ1n) is 10.4. The number of benzene rings is 2. The van der Waals surface area contributed by atoms with E-state index in [0.717, 1.165) is 17.6 Å². The summed E-state index contributed by atoms with van der Waals surface area (Å²) in [6, 6.07) is 12.5. The predicted octanol–water partition coefficient (Wildman–Crippen LogP) is 3.33. The second kappa shape index (κ2) is 8.16. The number of piperazine rings is 1. The molecule has 1 saturated heterocycles. The fourth-order valence-corrected chi connectivity index (χ4v) is 4.33. The summed E-state index contributed by atoms with van der Waals surface area (Å²) in [4.78, 5) is 13.0. The van der Waals surface area contributed by atoms with Crippen LogP contribution >= 0.6 is 0 Å². The zero-order valence-corrected chi connectivity index (χ0v) is 17.5. The number of nitrogens with zero attached hydrogens (tertiary/aromatic N) is 6. The van der Waals surface area contributed by atoms with E-state index in [9.17, 15) is 13.9 Å². The summed E-state index contributed by atoms with van der Waals surface area (Å²) < 4.78 is 29.4. The minimum absolute atomic E-state index is 0.124. The number of fused-ring (bicyclic) bond motifs is 1. The molecule has 1 fully saturated rings. The van der Waals surface area contributed by atoms with Crippen LogP contribution in [0.15, 0.2) is 54.9 Å². The van der Waals surface area contributed by atoms with E-state index in [1.165, 1.54) is 12.4 Å². The van der Waals surface area contributed by atoms with Gasteiger partial charge in [-0.25, -0.2) is 13.8 Å². The molecule has 0 amide bonds. The van der Waals surface area contributed by atoms with E-state index in [0.29, 0.717) is 43.1 Å². The van der Waals surface area contributed by atoms with Crippen LogP contribution in [0.4, 0.5) is 14.6 Å². The molecule has 2 aromatic carbocycles. The van der Waals surface area contributed by atoms with Gasteiger partial charge in [-0.15, -0.1) is 0 Å². The Morgan fingerprint density at radius 2 is 1.75 bits per heavy atom. The van der Waals surface area contributed by atoms with Gasteiger partial charge in [0.25, 0.3) is 5.78 Å². The van der Waals surface area contributed by atoms with Crippen LogP contribution in [-0.2, 0) is 0 Å². The van der Waals surface area contributed by atoms with Crippen molar-refractivity contribution in [3.05, 3.63) is 83.3 Å². The maximum atomic E-state index is 14.1. The first kappa shape index (κ1) is 20.3. The largest absolute Gasteiger partial charge is 0.508 e. The first-order chi connectivity index (χ1) is 15.5. The lowest BCUT2D eigenvalue weighted by Gasteiger charge is -2.40. The molecular weight excluding hydrogens is 414 g/mol. The van der Waals surface area contributed by atoms with Crippen LogP contribution in [-0.4, -0.2) is 55.8 Å². The molecular formula is C23H22F2N6O. The molecule has 4 aromatic rings. The average Bonchev–Trinajstić information content (AvgIpc) is 3.26. The summed E-state index contributed by atoms with van der Waals surface area (Å²) in [5, 5.41) is 14.8. The van der Waals surface area contributed by atoms with Gasteiger partial charge in [0.2, 0.25) is 0 Å². The minimum Gasteiger partial charge on any atom is -0.508 e. The highest BCUT2D eigenvalue weighted by Crippen LogP contribution is 2.35. The molecule has 0 bridgehead atoms. The van der Waals surface area contributed by atoms with E-state index in [1.54, 1.807) is 22.7 Å². The highest BCUT2D eigenvalue weighted by Gasteiger charge is 2.29. The normalized spacial score (nSPS) is 15.9. The summed E-state index contributed by atoms with van der Waals surface area (Å²) in [6.45, 7) is 4.59. The summed E-state index contributed by atoms with van der Waals surface area (Å²) in [5.74, 6) is -0.200. The number of aromatic hydroxyl groups is 1. The fourth-order valence-electron chi connectivity index (χ4n) is 4.33. The van der Waals surface area contributed by atoms with Crippen molar-refractivity contribution in [2.24, 2.45) is 0 Å². The van der Waals surface area contributed by atoms with Gasteiger partial charge in [-0.1, -0.05) is 24.3 Å². The SMILES string of the molecule is Cc1cc(N2CCN(C(c3ccc(F)c(F)c3)c3ccccc3O)CC2)n2ncnc2n1. The van der Waals surface area contributed by atoms with Crippen molar-refractivity contribution in [2.45, 2.75) is 13.0 Å². The van der Waals surface area contributed by atoms with E-state index in [-0.39, 0.29) is 5.75 Å². The number of halogens is 2. The molecule has 1 atom stereocenters. The third kappa shape index (κ3) is 3.64. The van der Waals surface area contributed by atoms with Crippen LogP contribution in [0.25, 0.3) is 5.78 Å². The molecule has 0 aliphatic carbocycles. The molecule has 9 heteroatoms. The topological polar surface area (TPSA) is 69.8 Å². The van der Waals surface area contributed by atoms with E-state index in [1.807, 2.05) is 25.1 Å². The van der Waals surface area contributed by atoms with Crippen molar-refractivity contribution < 1.29 is 13.9 Å². The van der Waals surface area contributed by atoms with E-state index >= 15 is 0 Å². The lowest BCUT2D eigenvalue weighted by molar-refractivity contribution is 0.208. The minimum atomic E-state index is -0.901. The monoisotopic (exact) mass is 436 g/mol. The molecule has 3 heterocycles. The zero-order valence-electron chi connectivity index (χ0n) is 17.5. The smallest absolute Gasteiger partial charge is 0.254 e. The molecule has 0 radical (unpaired) electrons. The molecule has 5 rings (SSSR count). The Labute approximate surface area is 183 Å². The van der Waals surface area contributed by atoms with Crippen LogP contribution in [0.3, 0.4) is 0 Å². The number of para-hydroxylation sites is 1. The second-order valence-corrected chi connectivity index (χ2v) is 7.89. The van der Waals surface area contributed by atoms with Gasteiger partial charge >= 0.3 is 0 Å². The first-order valence-corrected chi connectivity index (χ1v) is 10.4. The van der Waals surface area contributed by atoms with Crippen molar-refractivity contribution in [1.29, 1.82) is 0 Å². The molecule has 1 aliphatic heterocycles. The van der Waals surface area contributed by atoms with Gasteiger partial charge in [-0.2, -0.15) is 14.6 Å². The standard InChI is InChI=1S/C23H22F2N6O/c1-15-12-21(31-23(28-15)26-14-27-31)29-8-10-30(11-9-29)22(17-4-2-3-5-20(17)32)16-6-7-18(24)19(25)13-16/h2-7,12-14,22,32H,8-11H2,1H3. The molecule has 2 aromatic heterocycles. The Hall–Kier alpha value is -3.59. The summed E-state index contributed by atoms with van der Waals surface area (Å²) in [6.07, 6.45) is 1.48. The van der Waals surface area contributed by atoms with E-state index in [2.05, 4.69) is 24.9 Å². The van der Waals surface area contributed by atoms with Gasteiger partial charge < -0.3 is 10.0 Å². The van der Waals surface area contributed by atoms with Crippen LogP contribution in [0, 0.1) is 18.6 Å². The van der Waals surface area contributed by atoms with Crippen LogP contribution < -0.4 is 4.90 Å². The molecule has 1 aliphatic rings. The van der Waals surface area contributed by atoms with Gasteiger partial charge in [0.1, 0.15) is 17.9 Å². The van der Waals surface area contributed by atoms with Crippen LogP contribution in [0.2, 0.25) is 0 Å². The van der Waals surface area contributed by atoms with Gasteiger partial charge in [-0.05, 0) is 30.7 Å². The second-order valence-electron chi connectivity index (χ2n) is 7.89. The molecule has 1 unspecified atom stereocenters. The zero-order chi connectivity index (χ0) is 22.2. The molecule has 32 heavy (non-hydrogen) atoms. The number of anilines is 1. The number of hydrogen-bond acceptors (Lipinski definition) is 6. The number of aryl methyl sites for hydroxylation is 1. The third-order valence-corrected chi connectivity index (χ3v) is 5.86. The maximum Gasteiger partial charge on any atom is 0.254 e. The third-order valence-electron chi connectivity index (χ3n) is 5.86. The molecule has 0 spiro atoms. The Balaban J connectivity index is 1.46. The van der Waals surface area contributed by atoms with Crippen molar-refractivity contribution in [1.82, 2.24) is 24.5 Å². The highest BCUT2D eigenvalue weighted by molar-refractivity contribution is 5.48. The number of phenols is 1. The lowest BCUT2D eigenvalue weighted by atomic mass is 9.95. The predicted molar refractivity (Wildman–Crippen MR) is 116 cm³/mol. The number of rotatable bonds is 4. The van der Waals surface area contributed by atoms with E-state index < -0.39 is 17.7 Å². The molecule has 164 valence electrons. The number of phenolic OH excluding ortho intramolecular Hbond substituents is 1. The Bertz CT molecular complexity index is 1270. The van der Waals surface area contributed by atoms with Crippen molar-refractivity contribution >= 4 is 11.6 Å². The number of hydrogen-bond donors (Lipinski definition) is 1. The van der Waals surface area contributed by atoms with Gasteiger partial charge in [-0.3, -0.25) is 4.90 Å². The Morgan fingerprint density at radius 3 is 2.50 bits per heavy atom. The highest BCUT2D eigenvalue weighted by atomic mass is 19.2. The van der Waals surface area contributed by atoms with Crippen LogP contribution in [0.5, 0.6) is 5.75 Å². The number of aromatic nitrogens is 4. The summed E-state index contributed by atoms with van der Waals surface area (Å²) in [7, 11) is 0. The Kier molecular flexibility index (Phi) is 5.18. The Morgan fingerprint density at radius 1 is 0.969 bits per heavy atom. The van der Waals surface area contributed by atoms with Gasteiger partial charge in [0, 0.05) is 43.5 Å². The van der Waals surface area contributed by atoms with Gasteiger partial charge in [0.15, 0.2) is 11.6 Å².